The number of benzene rings is 2. The first-order valence-electron chi connectivity index (χ1n) is 11.4. The van der Waals surface area contributed by atoms with E-state index in [1.807, 2.05) is 0 Å². The van der Waals surface area contributed by atoms with E-state index in [0.29, 0.717) is 0 Å². The first-order chi connectivity index (χ1) is 18.8. The number of nitrogens with zero attached hydrogens (tertiary/aromatic N) is 4. The highest BCUT2D eigenvalue weighted by atomic mass is 35.5. The van der Waals surface area contributed by atoms with Crippen molar-refractivity contribution in [3.63, 3.8) is 0 Å². The largest absolute Gasteiger partial charge is 0.467 e. The lowest BCUT2D eigenvalue weighted by Crippen LogP contribution is -2.46. The molecule has 1 unspecified atom stereocenters. The van der Waals surface area contributed by atoms with E-state index in [1.54, 1.807) is 30.3 Å². The van der Waals surface area contributed by atoms with Crippen molar-refractivity contribution in [1.82, 2.24) is 14.0 Å². The van der Waals surface area contributed by atoms with Crippen LogP contribution in [-0.2, 0) is 34.0 Å². The number of thioether (sulfide) groups is 1. The number of aliphatic imine (C=N–C) groups is 1. The van der Waals surface area contributed by atoms with Crippen molar-refractivity contribution in [2.45, 2.75) is 18.6 Å². The predicted octanol–water partition coefficient (Wildman–Crippen LogP) is 3.69. The average Bonchev–Trinajstić information content (AvgIpc) is 3.26. The Morgan fingerprint density at radius 3 is 2.45 bits per heavy atom. The van der Waals surface area contributed by atoms with Crippen LogP contribution in [0.15, 0.2) is 63.1 Å². The molecule has 0 aliphatic carbocycles. The molecule has 9 nitrogen and oxygen atoms in total. The maximum absolute atomic E-state index is 14.9. The van der Waals surface area contributed by atoms with Crippen LogP contribution in [0.4, 0.5) is 23.2 Å². The van der Waals surface area contributed by atoms with E-state index in [4.69, 9.17) is 16.3 Å². The van der Waals surface area contributed by atoms with Crippen LogP contribution in [0, 0.1) is 5.82 Å². The lowest BCUT2D eigenvalue weighted by Gasteiger charge is -2.25. The van der Waals surface area contributed by atoms with Gasteiger partial charge in [-0.3, -0.25) is 19.1 Å². The summed E-state index contributed by atoms with van der Waals surface area (Å²) in [6.45, 7) is 0. The van der Waals surface area contributed by atoms with Crippen LogP contribution in [0.1, 0.15) is 11.3 Å². The number of amides is 1. The van der Waals surface area contributed by atoms with Gasteiger partial charge in [-0.05, 0) is 17.7 Å². The zero-order chi connectivity index (χ0) is 29.4. The van der Waals surface area contributed by atoms with E-state index < -0.39 is 52.5 Å². The molecule has 2 aromatic carbocycles. The highest BCUT2D eigenvalue weighted by molar-refractivity contribution is 8.15. The maximum Gasteiger partial charge on any atom is 0.431 e. The van der Waals surface area contributed by atoms with Crippen LogP contribution in [-0.4, -0.2) is 50.0 Å². The monoisotopic (exact) mass is 598 g/mol. The fraction of sp³-hybridized carbons (Fsp3) is 0.240. The van der Waals surface area contributed by atoms with Crippen LogP contribution in [0.25, 0.3) is 5.69 Å². The quantitative estimate of drug-likeness (QED) is 0.317. The summed E-state index contributed by atoms with van der Waals surface area (Å²) in [5.41, 5.74) is -4.61. The molecule has 0 spiro atoms. The molecule has 1 fully saturated rings. The Morgan fingerprint density at radius 1 is 1.15 bits per heavy atom. The van der Waals surface area contributed by atoms with Crippen molar-refractivity contribution in [3.05, 3.63) is 91.5 Å². The van der Waals surface area contributed by atoms with Gasteiger partial charge in [-0.2, -0.15) is 13.2 Å². The maximum atomic E-state index is 14.9. The van der Waals surface area contributed by atoms with Gasteiger partial charge in [0.05, 0.1) is 29.3 Å². The Balaban J connectivity index is 1.82. The first kappa shape index (κ1) is 29.1. The van der Waals surface area contributed by atoms with Gasteiger partial charge in [-0.25, -0.2) is 23.5 Å². The third-order valence-electron chi connectivity index (χ3n) is 5.94. The minimum absolute atomic E-state index is 0.00320. The van der Waals surface area contributed by atoms with Gasteiger partial charge >= 0.3 is 17.8 Å². The van der Waals surface area contributed by atoms with Crippen LogP contribution in [0.2, 0.25) is 5.02 Å². The first-order valence-corrected chi connectivity index (χ1v) is 12.7. The summed E-state index contributed by atoms with van der Waals surface area (Å²) in [5.74, 6) is -2.47. The highest BCUT2D eigenvalue weighted by Gasteiger charge is 2.39. The number of rotatable bonds is 6. The van der Waals surface area contributed by atoms with E-state index in [9.17, 15) is 36.7 Å². The molecule has 2 heterocycles. The third-order valence-corrected chi connectivity index (χ3v) is 7.18. The van der Waals surface area contributed by atoms with Gasteiger partial charge < -0.3 is 4.74 Å². The summed E-state index contributed by atoms with van der Waals surface area (Å²) in [4.78, 5) is 56.2. The molecule has 210 valence electrons. The number of aromatic nitrogens is 2. The summed E-state index contributed by atoms with van der Waals surface area (Å²) in [6, 6.07) is 9.48. The Labute approximate surface area is 232 Å². The van der Waals surface area contributed by atoms with Crippen molar-refractivity contribution in [1.29, 1.82) is 0 Å². The second-order valence-electron chi connectivity index (χ2n) is 8.47. The zero-order valence-electron chi connectivity index (χ0n) is 20.7. The number of amidine groups is 1. The van der Waals surface area contributed by atoms with E-state index in [0.717, 1.165) is 48.5 Å². The average molecular weight is 599 g/mol. The fourth-order valence-corrected chi connectivity index (χ4v) is 5.14. The number of hydrogen-bond donors (Lipinski definition) is 0. The third kappa shape index (κ3) is 5.68. The number of ether oxygens (including phenoxy) is 1. The fourth-order valence-electron chi connectivity index (χ4n) is 4.02. The minimum Gasteiger partial charge on any atom is -0.467 e. The van der Waals surface area contributed by atoms with Gasteiger partial charge in [0.15, 0.2) is 5.17 Å². The molecule has 1 aliphatic rings. The normalized spacial score (nSPS) is 15.5. The topological polar surface area (TPSA) is 103 Å². The second-order valence-corrected chi connectivity index (χ2v) is 9.82. The van der Waals surface area contributed by atoms with E-state index in [1.165, 1.54) is 0 Å². The van der Waals surface area contributed by atoms with Gasteiger partial charge in [0.1, 0.15) is 17.6 Å². The van der Waals surface area contributed by atoms with Crippen molar-refractivity contribution in [3.8, 4) is 5.69 Å². The molecule has 1 amide bonds. The predicted molar refractivity (Wildman–Crippen MR) is 140 cm³/mol. The number of hydrogen-bond acceptors (Lipinski definition) is 7. The van der Waals surface area contributed by atoms with Crippen LogP contribution >= 0.6 is 23.4 Å². The lowest BCUT2D eigenvalue weighted by molar-refractivity contribution is -0.148. The second kappa shape index (κ2) is 11.3. The van der Waals surface area contributed by atoms with Gasteiger partial charge in [-0.15, -0.1) is 0 Å². The summed E-state index contributed by atoms with van der Waals surface area (Å²) in [7, 11) is 1.95. The standard InChI is InChI=1S/C25H19ClF4N4O5S/c1-32-19(25(28,29)30)11-20(35)34(24(32)38)17-10-16(14(26)9-15(17)27)31-23-33(21(36)12-40-23)18(22(37)39-2)8-13-6-4-3-5-7-13/h3-7,9-11,18H,8,12H2,1-2H3. The number of alkyl halides is 3. The minimum atomic E-state index is -5.01. The Morgan fingerprint density at radius 2 is 1.82 bits per heavy atom. The molecular formula is C25H19ClF4N4O5S. The Hall–Kier alpha value is -3.91. The number of carbonyl (C=O) groups is 2. The van der Waals surface area contributed by atoms with Crippen molar-refractivity contribution in [2.75, 3.05) is 12.9 Å². The summed E-state index contributed by atoms with van der Waals surface area (Å²) in [6.07, 6.45) is -4.92. The van der Waals surface area contributed by atoms with E-state index in [2.05, 4.69) is 4.99 Å². The molecule has 1 aliphatic heterocycles. The molecule has 1 saturated heterocycles. The van der Waals surface area contributed by atoms with Crippen LogP contribution in [0.5, 0.6) is 0 Å². The van der Waals surface area contributed by atoms with E-state index in [-0.39, 0.29) is 43.3 Å². The molecule has 0 bridgehead atoms. The molecule has 1 atom stereocenters. The number of halogens is 5. The molecule has 1 aromatic heterocycles. The SMILES string of the molecule is COC(=O)C(Cc1ccccc1)N1C(=O)CSC1=Nc1cc(-n2c(=O)cc(C(F)(F)F)n(C)c2=O)c(F)cc1Cl. The molecule has 40 heavy (non-hydrogen) atoms. The molecule has 0 radical (unpaired) electrons. The molecule has 3 aromatic rings. The number of esters is 1. The molecular weight excluding hydrogens is 580 g/mol. The molecule has 15 heteroatoms. The van der Waals surface area contributed by atoms with Crippen molar-refractivity contribution >= 4 is 46.1 Å². The smallest absolute Gasteiger partial charge is 0.431 e. The van der Waals surface area contributed by atoms with Gasteiger partial charge in [0.25, 0.3) is 5.56 Å². The zero-order valence-corrected chi connectivity index (χ0v) is 22.3. The van der Waals surface area contributed by atoms with Crippen LogP contribution in [0.3, 0.4) is 0 Å². The highest BCUT2D eigenvalue weighted by Crippen LogP contribution is 2.34. The van der Waals surface area contributed by atoms with Gasteiger partial charge in [0.2, 0.25) is 5.91 Å². The van der Waals surface area contributed by atoms with E-state index >= 15 is 0 Å². The Kier molecular flexibility index (Phi) is 8.21. The number of carbonyl (C=O) groups excluding carboxylic acids is 2. The summed E-state index contributed by atoms with van der Waals surface area (Å²) in [5, 5.41) is -0.286. The number of methoxy groups -OCH3 is 1. The van der Waals surface area contributed by atoms with Gasteiger partial charge in [0, 0.05) is 19.5 Å². The molecule has 4 rings (SSSR count). The molecule has 0 saturated carbocycles. The van der Waals surface area contributed by atoms with Crippen LogP contribution < -0.4 is 11.2 Å². The van der Waals surface area contributed by atoms with Crippen molar-refractivity contribution in [2.24, 2.45) is 12.0 Å². The molecule has 0 N–H and O–H groups in total. The summed E-state index contributed by atoms with van der Waals surface area (Å²) < 4.78 is 59.9. The Bertz CT molecular complexity index is 1640. The lowest BCUT2D eigenvalue weighted by atomic mass is 10.0. The van der Waals surface area contributed by atoms with Gasteiger partial charge in [-0.1, -0.05) is 53.7 Å². The summed E-state index contributed by atoms with van der Waals surface area (Å²) >= 11 is 7.13. The van der Waals surface area contributed by atoms with Crippen molar-refractivity contribution < 1.29 is 31.9 Å².